The molecule has 16 heavy (non-hydrogen) atoms. The van der Waals surface area contributed by atoms with Crippen molar-refractivity contribution in [3.8, 4) is 0 Å². The predicted molar refractivity (Wildman–Crippen MR) is 45.0 cm³/mol. The smallest absolute Gasteiger partial charge is 0.450 e. The Kier molecular flexibility index (Phi) is 3.44. The quantitative estimate of drug-likeness (QED) is 0.639. The second-order valence-corrected chi connectivity index (χ2v) is 3.09. The van der Waals surface area contributed by atoms with Gasteiger partial charge in [-0.3, -0.25) is 9.59 Å². The molecule has 0 aliphatic heterocycles. The highest BCUT2D eigenvalue weighted by Gasteiger charge is 2.39. The third-order valence-corrected chi connectivity index (χ3v) is 1.98. The number of hydrogen-bond donors (Lipinski definition) is 2. The summed E-state index contributed by atoms with van der Waals surface area (Å²) >= 11 is 0. The van der Waals surface area contributed by atoms with Crippen LogP contribution >= 0.6 is 0 Å². The molecule has 0 aromatic rings. The molecule has 8 heteroatoms. The Hall–Kier alpha value is -2.12. The van der Waals surface area contributed by atoms with Crippen LogP contribution in [0.3, 0.4) is 0 Å². The van der Waals surface area contributed by atoms with Crippen LogP contribution in [-0.4, -0.2) is 46.3 Å². The second-order valence-electron chi connectivity index (χ2n) is 3.09. The summed E-state index contributed by atoms with van der Waals surface area (Å²) in [6, 6.07) is 0. The van der Waals surface area contributed by atoms with Gasteiger partial charge in [0.25, 0.3) is 0 Å². The van der Waals surface area contributed by atoms with Crippen LogP contribution in [0.2, 0.25) is 0 Å². The summed E-state index contributed by atoms with van der Waals surface area (Å²) in [4.78, 5) is 42.8. The Labute approximate surface area is 88.7 Å². The summed E-state index contributed by atoms with van der Waals surface area (Å²) in [5, 5.41) is 16.5. The maximum absolute atomic E-state index is 11.3. The van der Waals surface area contributed by atoms with Gasteiger partial charge in [-0.2, -0.15) is 0 Å². The molecule has 1 saturated carbocycles. The van der Waals surface area contributed by atoms with E-state index in [1.807, 2.05) is 0 Å². The third-order valence-electron chi connectivity index (χ3n) is 1.98. The van der Waals surface area contributed by atoms with Gasteiger partial charge in [0, 0.05) is 0 Å². The topological polar surface area (TPSA) is 127 Å². The van der Waals surface area contributed by atoms with Gasteiger partial charge in [-0.15, -0.1) is 0 Å². The molecule has 1 fully saturated rings. The molecule has 0 aromatic heterocycles. The first-order valence-corrected chi connectivity index (χ1v) is 4.24. The van der Waals surface area contributed by atoms with Gasteiger partial charge >= 0.3 is 12.3 Å². The molecule has 0 aromatic carbocycles. The maximum atomic E-state index is 11.3. The highest BCUT2D eigenvalue weighted by molar-refractivity contribution is 6.00. The molecule has 1 aliphatic rings. The molecular weight excluding hydrogens is 224 g/mol. The number of ether oxygens (including phenoxy) is 2. The van der Waals surface area contributed by atoms with Gasteiger partial charge < -0.3 is 19.7 Å². The van der Waals surface area contributed by atoms with Crippen molar-refractivity contribution >= 4 is 23.9 Å². The van der Waals surface area contributed by atoms with Gasteiger partial charge in [0.2, 0.25) is 0 Å². The van der Waals surface area contributed by atoms with E-state index in [9.17, 15) is 19.2 Å². The van der Waals surface area contributed by atoms with Crippen molar-refractivity contribution in [3.05, 3.63) is 0 Å². The average molecular weight is 232 g/mol. The number of carbonyl (C=O) groups is 4. The first-order valence-electron chi connectivity index (χ1n) is 4.24. The van der Waals surface area contributed by atoms with E-state index >= 15 is 0 Å². The van der Waals surface area contributed by atoms with E-state index in [1.165, 1.54) is 0 Å². The summed E-state index contributed by atoms with van der Waals surface area (Å²) < 4.78 is 8.34. The van der Waals surface area contributed by atoms with Gasteiger partial charge in [0.15, 0.2) is 23.8 Å². The predicted octanol–water partition coefficient (Wildman–Crippen LogP) is 0.0448. The lowest BCUT2D eigenvalue weighted by Crippen LogP contribution is -2.43. The molecule has 0 radical (unpaired) electrons. The minimum atomic E-state index is -1.66. The normalized spacial score (nSPS) is 25.0. The summed E-state index contributed by atoms with van der Waals surface area (Å²) in [6.45, 7) is 0. The van der Waals surface area contributed by atoms with Crippen molar-refractivity contribution < 1.29 is 38.9 Å². The Morgan fingerprint density at radius 2 is 1.25 bits per heavy atom. The van der Waals surface area contributed by atoms with E-state index in [2.05, 4.69) is 9.47 Å². The Morgan fingerprint density at radius 1 is 0.938 bits per heavy atom. The van der Waals surface area contributed by atoms with Crippen LogP contribution in [0.4, 0.5) is 9.59 Å². The fraction of sp³-hybridized carbons (Fsp3) is 0.500. The highest BCUT2D eigenvalue weighted by Crippen LogP contribution is 2.18. The van der Waals surface area contributed by atoms with Crippen LogP contribution < -0.4 is 0 Å². The van der Waals surface area contributed by atoms with Gasteiger partial charge in [0.1, 0.15) is 0 Å². The lowest BCUT2D eigenvalue weighted by atomic mass is 9.92. The molecule has 2 N–H and O–H groups in total. The average Bonchev–Trinajstić information content (AvgIpc) is 2.11. The Bertz CT molecular complexity index is 312. The van der Waals surface area contributed by atoms with Gasteiger partial charge in [0.05, 0.1) is 12.8 Å². The largest absolute Gasteiger partial charge is 0.506 e. The maximum Gasteiger partial charge on any atom is 0.506 e. The van der Waals surface area contributed by atoms with Crippen molar-refractivity contribution in [3.63, 3.8) is 0 Å². The molecule has 0 bridgehead atoms. The van der Waals surface area contributed by atoms with Crippen molar-refractivity contribution in [2.24, 2.45) is 0 Å². The fourth-order valence-corrected chi connectivity index (χ4v) is 1.31. The van der Waals surface area contributed by atoms with E-state index in [4.69, 9.17) is 10.2 Å². The molecule has 2 unspecified atom stereocenters. The lowest BCUT2D eigenvalue weighted by molar-refractivity contribution is -0.146. The zero-order valence-electron chi connectivity index (χ0n) is 7.91. The second kappa shape index (κ2) is 4.60. The summed E-state index contributed by atoms with van der Waals surface area (Å²) in [6.07, 6.45) is -7.05. The van der Waals surface area contributed by atoms with Crippen LogP contribution in [0, 0.1) is 0 Å². The van der Waals surface area contributed by atoms with E-state index < -0.39 is 48.9 Å². The van der Waals surface area contributed by atoms with Crippen LogP contribution in [0.25, 0.3) is 0 Å². The standard InChI is InChI=1S/C8H8O8/c9-3-1-5(15-7(11)12)4(10)2-6(3)16-8(13)14/h5-6H,1-2H2,(H,11,12)(H,13,14). The molecule has 0 saturated heterocycles. The first kappa shape index (κ1) is 12.0. The zero-order valence-corrected chi connectivity index (χ0v) is 7.91. The lowest BCUT2D eigenvalue weighted by Gasteiger charge is -2.24. The molecule has 2 atom stereocenters. The zero-order chi connectivity index (χ0) is 12.3. The number of rotatable bonds is 2. The van der Waals surface area contributed by atoms with E-state index in [0.717, 1.165) is 0 Å². The molecule has 0 heterocycles. The molecule has 0 amide bonds. The minimum Gasteiger partial charge on any atom is -0.450 e. The summed E-state index contributed by atoms with van der Waals surface area (Å²) in [5.74, 6) is -1.35. The molecule has 0 spiro atoms. The summed E-state index contributed by atoms with van der Waals surface area (Å²) in [7, 11) is 0. The monoisotopic (exact) mass is 232 g/mol. The molecular formula is C8H8O8. The van der Waals surface area contributed by atoms with E-state index in [-0.39, 0.29) is 0 Å². The first-order chi connectivity index (χ1) is 7.40. The van der Waals surface area contributed by atoms with Gasteiger partial charge in [-0.25, -0.2) is 9.59 Å². The van der Waals surface area contributed by atoms with E-state index in [1.54, 1.807) is 0 Å². The molecule has 1 aliphatic carbocycles. The van der Waals surface area contributed by atoms with Crippen LogP contribution in [0.1, 0.15) is 12.8 Å². The van der Waals surface area contributed by atoms with Crippen LogP contribution in [0.15, 0.2) is 0 Å². The van der Waals surface area contributed by atoms with E-state index in [0.29, 0.717) is 0 Å². The van der Waals surface area contributed by atoms with Crippen LogP contribution in [0.5, 0.6) is 0 Å². The van der Waals surface area contributed by atoms with Crippen molar-refractivity contribution in [2.75, 3.05) is 0 Å². The minimum absolute atomic E-state index is 0.497. The van der Waals surface area contributed by atoms with Crippen molar-refractivity contribution in [2.45, 2.75) is 25.0 Å². The Balaban J connectivity index is 2.63. The number of ketones is 2. The van der Waals surface area contributed by atoms with Gasteiger partial charge in [-0.1, -0.05) is 0 Å². The van der Waals surface area contributed by atoms with Gasteiger partial charge in [-0.05, 0) is 0 Å². The molecule has 88 valence electrons. The van der Waals surface area contributed by atoms with Crippen molar-refractivity contribution in [1.29, 1.82) is 0 Å². The third kappa shape index (κ3) is 2.94. The Morgan fingerprint density at radius 3 is 1.50 bits per heavy atom. The highest BCUT2D eigenvalue weighted by atomic mass is 16.7. The van der Waals surface area contributed by atoms with Crippen LogP contribution in [-0.2, 0) is 19.1 Å². The number of carboxylic acid groups (broad SMARTS) is 2. The SMILES string of the molecule is O=C(O)OC1CC(=O)C(OC(=O)O)CC1=O. The number of Topliss-reactive ketones (excluding diaryl/α,β-unsaturated/α-hetero) is 2. The number of carbonyl (C=O) groups excluding carboxylic acids is 2. The molecule has 1 rings (SSSR count). The van der Waals surface area contributed by atoms with Crippen molar-refractivity contribution in [1.82, 2.24) is 0 Å². The fourth-order valence-electron chi connectivity index (χ4n) is 1.31. The summed E-state index contributed by atoms with van der Waals surface area (Å²) in [5.41, 5.74) is 0. The molecule has 8 nitrogen and oxygen atoms in total. The number of hydrogen-bond acceptors (Lipinski definition) is 6.